The Morgan fingerprint density at radius 2 is 1.88 bits per heavy atom. The van der Waals surface area contributed by atoms with E-state index in [2.05, 4.69) is 23.6 Å². The number of rotatable bonds is 5. The van der Waals surface area contributed by atoms with Crippen LogP contribution in [0.25, 0.3) is 0 Å². The zero-order chi connectivity index (χ0) is 17.7. The van der Waals surface area contributed by atoms with Crippen LogP contribution in [0.15, 0.2) is 29.6 Å². The van der Waals surface area contributed by atoms with Crippen molar-refractivity contribution in [2.45, 2.75) is 27.3 Å². The van der Waals surface area contributed by atoms with Gasteiger partial charge in [-0.25, -0.2) is 4.79 Å². The van der Waals surface area contributed by atoms with E-state index in [0.717, 1.165) is 11.1 Å². The average molecular weight is 345 g/mol. The Hall–Kier alpha value is -2.18. The molecule has 0 aliphatic rings. The van der Waals surface area contributed by atoms with Crippen LogP contribution in [0.5, 0.6) is 0 Å². The monoisotopic (exact) mass is 345 g/mol. The van der Waals surface area contributed by atoms with E-state index in [0.29, 0.717) is 12.2 Å². The minimum absolute atomic E-state index is 0.164. The molecule has 0 unspecified atom stereocenters. The van der Waals surface area contributed by atoms with Gasteiger partial charge in [-0.05, 0) is 62.0 Å². The Labute approximate surface area is 146 Å². The smallest absolute Gasteiger partial charge is 0.307 e. The molecule has 0 spiro atoms. The molecule has 0 fully saturated rings. The molecule has 0 aliphatic heterocycles. The first-order valence-corrected chi connectivity index (χ1v) is 8.63. The largest absolute Gasteiger partial charge is 0.325 e. The Bertz CT molecular complexity index is 740. The van der Waals surface area contributed by atoms with Crippen LogP contribution < -0.4 is 10.6 Å². The van der Waals surface area contributed by atoms with Crippen LogP contribution in [0.4, 0.5) is 10.5 Å². The highest BCUT2D eigenvalue weighted by molar-refractivity contribution is 7.10. The number of urea groups is 1. The van der Waals surface area contributed by atoms with Crippen LogP contribution in [0.2, 0.25) is 0 Å². The lowest BCUT2D eigenvalue weighted by Gasteiger charge is -2.16. The maximum Gasteiger partial charge on any atom is 0.325 e. The van der Waals surface area contributed by atoms with Gasteiger partial charge in [-0.1, -0.05) is 12.1 Å². The molecule has 128 valence electrons. The first kappa shape index (κ1) is 18.2. The lowest BCUT2D eigenvalue weighted by molar-refractivity contribution is -0.120. The molecular formula is C18H23N3O2S. The Morgan fingerprint density at radius 3 is 2.54 bits per heavy atom. The number of amides is 3. The van der Waals surface area contributed by atoms with Crippen molar-refractivity contribution in [3.63, 3.8) is 0 Å². The Balaban J connectivity index is 1.84. The molecule has 2 N–H and O–H groups in total. The molecule has 0 radical (unpaired) electrons. The molecule has 3 amide bonds. The van der Waals surface area contributed by atoms with Gasteiger partial charge in [-0.2, -0.15) is 0 Å². The molecule has 0 bridgehead atoms. The summed E-state index contributed by atoms with van der Waals surface area (Å²) in [6, 6.07) is 7.22. The third-order valence-corrected chi connectivity index (χ3v) is 4.91. The summed E-state index contributed by atoms with van der Waals surface area (Å²) in [5.41, 5.74) is 4.01. The Kier molecular flexibility index (Phi) is 6.11. The van der Waals surface area contributed by atoms with Gasteiger partial charge in [0.2, 0.25) is 5.91 Å². The summed E-state index contributed by atoms with van der Waals surface area (Å²) in [6.07, 6.45) is 0. The molecule has 24 heavy (non-hydrogen) atoms. The topological polar surface area (TPSA) is 61.4 Å². The quantitative estimate of drug-likeness (QED) is 0.872. The molecule has 6 heteroatoms. The van der Waals surface area contributed by atoms with Crippen molar-refractivity contribution >= 4 is 29.0 Å². The first-order chi connectivity index (χ1) is 11.4. The molecule has 2 rings (SSSR count). The normalized spacial score (nSPS) is 10.7. The van der Waals surface area contributed by atoms with Gasteiger partial charge in [0.1, 0.15) is 0 Å². The highest BCUT2D eigenvalue weighted by Crippen LogP contribution is 2.18. The van der Waals surface area contributed by atoms with E-state index in [1.807, 2.05) is 49.4 Å². The van der Waals surface area contributed by atoms with E-state index >= 15 is 0 Å². The number of anilines is 1. The van der Waals surface area contributed by atoms with Gasteiger partial charge in [-0.3, -0.25) is 15.0 Å². The van der Waals surface area contributed by atoms with Gasteiger partial charge < -0.3 is 5.32 Å². The number of nitrogens with one attached hydrogen (secondary N) is 2. The van der Waals surface area contributed by atoms with E-state index in [9.17, 15) is 9.59 Å². The number of benzene rings is 1. The molecular weight excluding hydrogens is 322 g/mol. The molecule has 0 saturated carbocycles. The SMILES string of the molecule is Cc1ccsc1CN(C)CC(=O)NC(=O)Nc1cccc(C)c1C. The second kappa shape index (κ2) is 8.08. The van der Waals surface area contributed by atoms with Gasteiger partial charge in [-0.15, -0.1) is 11.3 Å². The molecule has 1 heterocycles. The van der Waals surface area contributed by atoms with E-state index < -0.39 is 6.03 Å². The molecule has 1 aromatic carbocycles. The number of hydrogen-bond acceptors (Lipinski definition) is 4. The number of thiophene rings is 1. The maximum absolute atomic E-state index is 12.0. The van der Waals surface area contributed by atoms with Crippen LogP contribution in [0, 0.1) is 20.8 Å². The van der Waals surface area contributed by atoms with E-state index in [-0.39, 0.29) is 12.5 Å². The number of nitrogens with zero attached hydrogens (tertiary/aromatic N) is 1. The minimum atomic E-state index is -0.505. The zero-order valence-electron chi connectivity index (χ0n) is 14.5. The van der Waals surface area contributed by atoms with Crippen LogP contribution >= 0.6 is 11.3 Å². The fourth-order valence-corrected chi connectivity index (χ4v) is 3.30. The lowest BCUT2D eigenvalue weighted by Crippen LogP contribution is -2.40. The van der Waals surface area contributed by atoms with Crippen molar-refractivity contribution in [2.24, 2.45) is 0 Å². The van der Waals surface area contributed by atoms with Gasteiger partial charge in [0, 0.05) is 17.1 Å². The summed E-state index contributed by atoms with van der Waals surface area (Å²) in [4.78, 5) is 27.1. The maximum atomic E-state index is 12.0. The third kappa shape index (κ3) is 4.91. The van der Waals surface area contributed by atoms with Crippen LogP contribution in [-0.2, 0) is 11.3 Å². The van der Waals surface area contributed by atoms with Crippen molar-refractivity contribution in [3.8, 4) is 0 Å². The van der Waals surface area contributed by atoms with Gasteiger partial charge in [0.05, 0.1) is 6.54 Å². The van der Waals surface area contributed by atoms with Crippen molar-refractivity contribution < 1.29 is 9.59 Å². The number of hydrogen-bond donors (Lipinski definition) is 2. The fraction of sp³-hybridized carbons (Fsp3) is 0.333. The zero-order valence-corrected chi connectivity index (χ0v) is 15.3. The molecule has 2 aromatic rings. The van der Waals surface area contributed by atoms with Gasteiger partial charge >= 0.3 is 6.03 Å². The summed E-state index contributed by atoms with van der Waals surface area (Å²) in [7, 11) is 1.86. The highest BCUT2D eigenvalue weighted by atomic mass is 32.1. The third-order valence-electron chi connectivity index (χ3n) is 3.90. The number of carbonyl (C=O) groups is 2. The second-order valence-corrected chi connectivity index (χ2v) is 6.95. The fourth-order valence-electron chi connectivity index (χ4n) is 2.32. The highest BCUT2D eigenvalue weighted by Gasteiger charge is 2.13. The lowest BCUT2D eigenvalue weighted by atomic mass is 10.1. The van der Waals surface area contributed by atoms with Crippen molar-refractivity contribution in [3.05, 3.63) is 51.2 Å². The van der Waals surface area contributed by atoms with Gasteiger partial charge in [0.15, 0.2) is 0 Å². The minimum Gasteiger partial charge on any atom is -0.307 e. The predicted molar refractivity (Wildman–Crippen MR) is 98.5 cm³/mol. The number of likely N-dealkylation sites (N-methyl/N-ethyl adjacent to an activating group) is 1. The van der Waals surface area contributed by atoms with Crippen molar-refractivity contribution in [2.75, 3.05) is 18.9 Å². The van der Waals surface area contributed by atoms with E-state index in [1.165, 1.54) is 10.4 Å². The summed E-state index contributed by atoms with van der Waals surface area (Å²) in [6.45, 7) is 6.82. The van der Waals surface area contributed by atoms with E-state index in [1.54, 1.807) is 11.3 Å². The van der Waals surface area contributed by atoms with Crippen LogP contribution in [0.1, 0.15) is 21.6 Å². The Morgan fingerprint density at radius 1 is 1.12 bits per heavy atom. The second-order valence-electron chi connectivity index (χ2n) is 5.95. The standard InChI is InChI=1S/C18H23N3O2S/c1-12-6-5-7-15(14(12)3)19-18(23)20-17(22)11-21(4)10-16-13(2)8-9-24-16/h5-9H,10-11H2,1-4H3,(H2,19,20,22,23). The van der Waals surface area contributed by atoms with Gasteiger partial charge in [0.25, 0.3) is 0 Å². The number of aryl methyl sites for hydroxylation is 2. The van der Waals surface area contributed by atoms with Crippen LogP contribution in [0.3, 0.4) is 0 Å². The summed E-state index contributed by atoms with van der Waals surface area (Å²) < 4.78 is 0. The summed E-state index contributed by atoms with van der Waals surface area (Å²) in [5.74, 6) is -0.325. The summed E-state index contributed by atoms with van der Waals surface area (Å²) >= 11 is 1.67. The molecule has 0 aliphatic carbocycles. The first-order valence-electron chi connectivity index (χ1n) is 7.75. The molecule has 0 saturated heterocycles. The summed E-state index contributed by atoms with van der Waals surface area (Å²) in [5, 5.41) is 7.13. The van der Waals surface area contributed by atoms with Crippen molar-refractivity contribution in [1.29, 1.82) is 0 Å². The van der Waals surface area contributed by atoms with Crippen molar-refractivity contribution in [1.82, 2.24) is 10.2 Å². The average Bonchev–Trinajstić information content (AvgIpc) is 2.88. The number of carbonyl (C=O) groups excluding carboxylic acids is 2. The van der Waals surface area contributed by atoms with E-state index in [4.69, 9.17) is 0 Å². The number of imide groups is 1. The molecule has 5 nitrogen and oxygen atoms in total. The molecule has 1 aromatic heterocycles. The molecule has 0 atom stereocenters. The predicted octanol–water partition coefficient (Wildman–Crippen LogP) is 3.45. The van der Waals surface area contributed by atoms with Crippen LogP contribution in [-0.4, -0.2) is 30.4 Å².